The Bertz CT molecular complexity index is 872. The van der Waals surface area contributed by atoms with E-state index in [0.29, 0.717) is 36.9 Å². The maximum absolute atomic E-state index is 12.9. The number of thiophene rings is 1. The number of ether oxygens (including phenoxy) is 1. The van der Waals surface area contributed by atoms with Gasteiger partial charge in [-0.3, -0.25) is 9.59 Å². The summed E-state index contributed by atoms with van der Waals surface area (Å²) in [6, 6.07) is 11.2. The van der Waals surface area contributed by atoms with Crippen molar-refractivity contribution < 1.29 is 14.3 Å². The van der Waals surface area contributed by atoms with E-state index in [9.17, 15) is 9.59 Å². The lowest BCUT2D eigenvalue weighted by atomic mass is 10.1. The SMILES string of the molecule is CC(C)c1cc(C(=O)N2CCOCC2)c(NC(=O)C#Cc2ccccc2)s1. The molecule has 2 heterocycles. The first-order valence-electron chi connectivity index (χ1n) is 8.93. The minimum atomic E-state index is -0.424. The summed E-state index contributed by atoms with van der Waals surface area (Å²) in [7, 11) is 0. The summed E-state index contributed by atoms with van der Waals surface area (Å²) in [6.45, 7) is 6.33. The summed E-state index contributed by atoms with van der Waals surface area (Å²) in [5.74, 6) is 5.20. The van der Waals surface area contributed by atoms with E-state index in [1.54, 1.807) is 4.90 Å². The van der Waals surface area contributed by atoms with Crippen molar-refractivity contribution in [2.24, 2.45) is 0 Å². The van der Waals surface area contributed by atoms with Crippen molar-refractivity contribution in [2.45, 2.75) is 19.8 Å². The molecule has 5 nitrogen and oxygen atoms in total. The van der Waals surface area contributed by atoms with Gasteiger partial charge < -0.3 is 15.0 Å². The monoisotopic (exact) mass is 382 g/mol. The predicted octanol–water partition coefficient (Wildman–Crippen LogP) is 3.33. The van der Waals surface area contributed by atoms with Gasteiger partial charge in [0.15, 0.2) is 0 Å². The Balaban J connectivity index is 1.80. The van der Waals surface area contributed by atoms with Crippen LogP contribution in [0.5, 0.6) is 0 Å². The average molecular weight is 382 g/mol. The normalized spacial score (nSPS) is 13.8. The van der Waals surface area contributed by atoms with Gasteiger partial charge in [-0.2, -0.15) is 0 Å². The van der Waals surface area contributed by atoms with E-state index in [4.69, 9.17) is 4.74 Å². The fourth-order valence-electron chi connectivity index (χ4n) is 2.67. The number of benzene rings is 1. The molecule has 0 unspecified atom stereocenters. The zero-order chi connectivity index (χ0) is 19.2. The number of carbonyl (C=O) groups excluding carboxylic acids is 2. The summed E-state index contributed by atoms with van der Waals surface area (Å²) >= 11 is 1.43. The average Bonchev–Trinajstić information content (AvgIpc) is 3.11. The van der Waals surface area contributed by atoms with Gasteiger partial charge in [-0.1, -0.05) is 38.0 Å². The molecule has 27 heavy (non-hydrogen) atoms. The summed E-state index contributed by atoms with van der Waals surface area (Å²) in [5.41, 5.74) is 1.30. The fraction of sp³-hybridized carbons (Fsp3) is 0.333. The third-order valence-electron chi connectivity index (χ3n) is 4.17. The van der Waals surface area contributed by atoms with Gasteiger partial charge >= 0.3 is 5.91 Å². The van der Waals surface area contributed by atoms with Crippen LogP contribution in [-0.4, -0.2) is 43.0 Å². The first-order valence-corrected chi connectivity index (χ1v) is 9.75. The number of morpholine rings is 1. The van der Waals surface area contributed by atoms with Gasteiger partial charge in [-0.05, 0) is 24.1 Å². The lowest BCUT2D eigenvalue weighted by molar-refractivity contribution is -0.111. The van der Waals surface area contributed by atoms with Gasteiger partial charge in [-0.15, -0.1) is 11.3 Å². The second-order valence-corrected chi connectivity index (χ2v) is 7.60. The standard InChI is InChI=1S/C21H22N2O3S/c1-15(2)18-14-17(21(25)23-10-12-26-13-11-23)20(27-18)22-19(24)9-8-16-6-4-3-5-7-16/h3-7,14-15H,10-13H2,1-2H3,(H,22,24). The van der Waals surface area contributed by atoms with Crippen LogP contribution in [0.1, 0.15) is 40.6 Å². The highest BCUT2D eigenvalue weighted by molar-refractivity contribution is 7.16. The molecule has 6 heteroatoms. The van der Waals surface area contributed by atoms with Crippen LogP contribution in [0.25, 0.3) is 0 Å². The van der Waals surface area contributed by atoms with Crippen molar-refractivity contribution in [1.29, 1.82) is 0 Å². The van der Waals surface area contributed by atoms with E-state index in [2.05, 4.69) is 31.0 Å². The molecule has 1 N–H and O–H groups in total. The summed E-state index contributed by atoms with van der Waals surface area (Å²) in [4.78, 5) is 28.0. The van der Waals surface area contributed by atoms with E-state index in [0.717, 1.165) is 10.4 Å². The summed E-state index contributed by atoms with van der Waals surface area (Å²) in [5, 5.41) is 3.36. The molecule has 1 fully saturated rings. The molecular formula is C21H22N2O3S. The quantitative estimate of drug-likeness (QED) is 0.829. The summed E-state index contributed by atoms with van der Waals surface area (Å²) < 4.78 is 5.32. The van der Waals surface area contributed by atoms with E-state index in [1.807, 2.05) is 36.4 Å². The number of nitrogens with zero attached hydrogens (tertiary/aromatic N) is 1. The first-order chi connectivity index (χ1) is 13.0. The molecule has 0 aliphatic carbocycles. The van der Waals surface area contributed by atoms with Crippen molar-refractivity contribution in [3.05, 3.63) is 52.4 Å². The van der Waals surface area contributed by atoms with Crippen LogP contribution in [0.15, 0.2) is 36.4 Å². The lowest BCUT2D eigenvalue weighted by Gasteiger charge is -2.26. The molecule has 3 rings (SSSR count). The van der Waals surface area contributed by atoms with Crippen molar-refractivity contribution >= 4 is 28.2 Å². The predicted molar refractivity (Wildman–Crippen MR) is 107 cm³/mol. The highest BCUT2D eigenvalue weighted by Gasteiger charge is 2.24. The van der Waals surface area contributed by atoms with Gasteiger partial charge in [0.2, 0.25) is 0 Å². The first kappa shape index (κ1) is 19.2. The minimum absolute atomic E-state index is 0.0761. The minimum Gasteiger partial charge on any atom is -0.378 e. The maximum atomic E-state index is 12.9. The molecule has 2 aromatic rings. The van der Waals surface area contributed by atoms with E-state index in [1.165, 1.54) is 11.3 Å². The van der Waals surface area contributed by atoms with Crippen molar-refractivity contribution in [3.63, 3.8) is 0 Å². The number of hydrogen-bond acceptors (Lipinski definition) is 4. The topological polar surface area (TPSA) is 58.6 Å². The lowest BCUT2D eigenvalue weighted by Crippen LogP contribution is -2.40. The van der Waals surface area contributed by atoms with Crippen LogP contribution in [0.2, 0.25) is 0 Å². The zero-order valence-corrected chi connectivity index (χ0v) is 16.3. The fourth-order valence-corrected chi connectivity index (χ4v) is 3.72. The van der Waals surface area contributed by atoms with Crippen LogP contribution < -0.4 is 5.32 Å². The molecule has 1 aromatic carbocycles. The van der Waals surface area contributed by atoms with Crippen LogP contribution in [0, 0.1) is 11.8 Å². The van der Waals surface area contributed by atoms with Crippen molar-refractivity contribution in [3.8, 4) is 11.8 Å². The third-order valence-corrected chi connectivity index (χ3v) is 5.52. The zero-order valence-electron chi connectivity index (χ0n) is 15.5. The molecular weight excluding hydrogens is 360 g/mol. The highest BCUT2D eigenvalue weighted by Crippen LogP contribution is 2.33. The Kier molecular flexibility index (Phi) is 6.28. The Morgan fingerprint density at radius 3 is 2.56 bits per heavy atom. The van der Waals surface area contributed by atoms with Crippen LogP contribution >= 0.6 is 11.3 Å². The van der Waals surface area contributed by atoms with Crippen molar-refractivity contribution in [2.75, 3.05) is 31.6 Å². The van der Waals surface area contributed by atoms with E-state index < -0.39 is 5.91 Å². The number of anilines is 1. The maximum Gasteiger partial charge on any atom is 0.301 e. The molecule has 0 spiro atoms. The molecule has 2 amide bonds. The smallest absolute Gasteiger partial charge is 0.301 e. The van der Waals surface area contributed by atoms with Gasteiger partial charge in [0.05, 0.1) is 18.8 Å². The molecule has 1 saturated heterocycles. The van der Waals surface area contributed by atoms with Gasteiger partial charge in [0.1, 0.15) is 5.00 Å². The second-order valence-electron chi connectivity index (χ2n) is 6.52. The summed E-state index contributed by atoms with van der Waals surface area (Å²) in [6.07, 6.45) is 0. The molecule has 0 bridgehead atoms. The van der Waals surface area contributed by atoms with Crippen LogP contribution in [0.3, 0.4) is 0 Å². The number of amides is 2. The number of hydrogen-bond donors (Lipinski definition) is 1. The van der Waals surface area contributed by atoms with Gasteiger partial charge in [0, 0.05) is 29.5 Å². The molecule has 1 aliphatic heterocycles. The number of carbonyl (C=O) groups is 2. The second kappa shape index (κ2) is 8.85. The Hall–Kier alpha value is -2.62. The molecule has 1 aliphatic rings. The van der Waals surface area contributed by atoms with Crippen molar-refractivity contribution in [1.82, 2.24) is 4.90 Å². The Labute approximate surface area is 163 Å². The third kappa shape index (κ3) is 4.97. The molecule has 1 aromatic heterocycles. The van der Waals surface area contributed by atoms with Gasteiger partial charge in [0.25, 0.3) is 5.91 Å². The molecule has 0 atom stereocenters. The Morgan fingerprint density at radius 1 is 1.19 bits per heavy atom. The number of nitrogens with one attached hydrogen (secondary N) is 1. The highest BCUT2D eigenvalue weighted by atomic mass is 32.1. The van der Waals surface area contributed by atoms with Crippen LogP contribution in [0.4, 0.5) is 5.00 Å². The van der Waals surface area contributed by atoms with Crippen LogP contribution in [-0.2, 0) is 9.53 Å². The van der Waals surface area contributed by atoms with Gasteiger partial charge in [-0.25, -0.2) is 0 Å². The number of rotatable bonds is 3. The molecule has 0 saturated carbocycles. The molecule has 140 valence electrons. The van der Waals surface area contributed by atoms with E-state index >= 15 is 0 Å². The van der Waals surface area contributed by atoms with E-state index in [-0.39, 0.29) is 11.8 Å². The Morgan fingerprint density at radius 2 is 1.89 bits per heavy atom. The largest absolute Gasteiger partial charge is 0.378 e. The molecule has 0 radical (unpaired) electrons.